The monoisotopic (exact) mass is 320 g/mol. The van der Waals surface area contributed by atoms with Gasteiger partial charge in [0.2, 0.25) is 10.0 Å². The van der Waals surface area contributed by atoms with Crippen LogP contribution in [0.4, 0.5) is 5.69 Å². The molecule has 1 fully saturated rings. The van der Waals surface area contributed by atoms with Crippen LogP contribution in [0.1, 0.15) is 6.92 Å². The Morgan fingerprint density at radius 2 is 2.25 bits per heavy atom. The largest absolute Gasteiger partial charge is 0.398 e. The highest BCUT2D eigenvalue weighted by molar-refractivity contribution is 7.89. The number of anilines is 1. The van der Waals surface area contributed by atoms with Gasteiger partial charge in [0.15, 0.2) is 0 Å². The summed E-state index contributed by atoms with van der Waals surface area (Å²) in [7, 11) is -3.74. The molecule has 2 rings (SSSR count). The number of hydrogen-bond donors (Lipinski definition) is 2. The number of halogens is 1. The lowest BCUT2D eigenvalue weighted by Gasteiger charge is -2.36. The van der Waals surface area contributed by atoms with E-state index in [9.17, 15) is 8.42 Å². The third kappa shape index (κ3) is 2.91. The van der Waals surface area contributed by atoms with Crippen LogP contribution in [-0.2, 0) is 14.8 Å². The fraction of sp³-hybridized carbons (Fsp3) is 0.500. The van der Waals surface area contributed by atoms with Gasteiger partial charge in [-0.3, -0.25) is 0 Å². The summed E-state index contributed by atoms with van der Waals surface area (Å²) >= 11 is 5.79. The minimum atomic E-state index is -3.74. The molecule has 3 N–H and O–H groups in total. The Labute approximate surface area is 123 Å². The molecule has 0 aromatic heterocycles. The van der Waals surface area contributed by atoms with Crippen LogP contribution >= 0.6 is 11.6 Å². The molecule has 0 saturated carbocycles. The highest BCUT2D eigenvalue weighted by atomic mass is 35.5. The normalized spacial score (nSPS) is 24.8. The van der Waals surface area contributed by atoms with E-state index in [1.54, 1.807) is 6.92 Å². The van der Waals surface area contributed by atoms with E-state index >= 15 is 0 Å². The summed E-state index contributed by atoms with van der Waals surface area (Å²) < 4.78 is 32.0. The molecule has 0 bridgehead atoms. The molecule has 2 atom stereocenters. The van der Waals surface area contributed by atoms with Gasteiger partial charge >= 0.3 is 0 Å². The van der Waals surface area contributed by atoms with Gasteiger partial charge in [0.05, 0.1) is 25.0 Å². The van der Waals surface area contributed by atoms with E-state index in [-0.39, 0.29) is 36.4 Å². The molecule has 8 heteroatoms. The first-order valence-corrected chi connectivity index (χ1v) is 7.97. The van der Waals surface area contributed by atoms with Crippen molar-refractivity contribution in [3.8, 4) is 0 Å². The average Bonchev–Trinajstić information content (AvgIpc) is 2.38. The van der Waals surface area contributed by atoms with Crippen LogP contribution in [0.15, 0.2) is 23.1 Å². The maximum absolute atomic E-state index is 12.7. The van der Waals surface area contributed by atoms with Crippen molar-refractivity contribution in [2.24, 2.45) is 0 Å². The van der Waals surface area contributed by atoms with Crippen molar-refractivity contribution in [3.63, 3.8) is 0 Å². The highest BCUT2D eigenvalue weighted by Crippen LogP contribution is 2.28. The minimum absolute atomic E-state index is 0.0207. The van der Waals surface area contributed by atoms with Crippen LogP contribution < -0.4 is 5.73 Å². The Bertz CT molecular complexity index is 593. The van der Waals surface area contributed by atoms with Gasteiger partial charge < -0.3 is 15.6 Å². The summed E-state index contributed by atoms with van der Waals surface area (Å²) in [6.07, 6.45) is -0.519. The Morgan fingerprint density at radius 1 is 1.55 bits per heavy atom. The van der Waals surface area contributed by atoms with Gasteiger partial charge in [0.25, 0.3) is 0 Å². The van der Waals surface area contributed by atoms with Crippen molar-refractivity contribution < 1.29 is 18.3 Å². The Balaban J connectivity index is 2.38. The van der Waals surface area contributed by atoms with Crippen molar-refractivity contribution in [2.45, 2.75) is 24.0 Å². The van der Waals surface area contributed by atoms with Crippen LogP contribution in [0.3, 0.4) is 0 Å². The molecule has 1 heterocycles. The van der Waals surface area contributed by atoms with Gasteiger partial charge in [-0.05, 0) is 25.1 Å². The van der Waals surface area contributed by atoms with E-state index < -0.39 is 16.1 Å². The number of nitrogens with two attached hydrogens (primary N) is 1. The molecule has 1 saturated heterocycles. The fourth-order valence-electron chi connectivity index (χ4n) is 2.12. The molecule has 0 aliphatic carbocycles. The summed E-state index contributed by atoms with van der Waals surface area (Å²) in [6.45, 7) is 1.85. The van der Waals surface area contributed by atoms with Crippen LogP contribution in [0.5, 0.6) is 0 Å². The Hall–Kier alpha value is -0.860. The Morgan fingerprint density at radius 3 is 2.85 bits per heavy atom. The van der Waals surface area contributed by atoms with Crippen LogP contribution in [0.2, 0.25) is 5.02 Å². The lowest BCUT2D eigenvalue weighted by molar-refractivity contribution is -0.0516. The SMILES string of the molecule is CC1COC(CO)CN1S(=O)(=O)c1ccc(Cl)cc1N. The zero-order valence-corrected chi connectivity index (χ0v) is 12.6. The minimum Gasteiger partial charge on any atom is -0.398 e. The summed E-state index contributed by atoms with van der Waals surface area (Å²) in [4.78, 5) is 0.0207. The van der Waals surface area contributed by atoms with Crippen LogP contribution in [0, 0.1) is 0 Å². The lowest BCUT2D eigenvalue weighted by Crippen LogP contribution is -2.51. The number of nitrogens with zero attached hydrogens (tertiary/aromatic N) is 1. The van der Waals surface area contributed by atoms with Crippen molar-refractivity contribution in [1.82, 2.24) is 4.31 Å². The van der Waals surface area contributed by atoms with Crippen LogP contribution in [0.25, 0.3) is 0 Å². The predicted octanol–water partition coefficient (Wildman–Crippen LogP) is 0.693. The van der Waals surface area contributed by atoms with Crippen molar-refractivity contribution >= 4 is 27.3 Å². The molecule has 112 valence electrons. The molecular formula is C12H17ClN2O4S. The summed E-state index contributed by atoms with van der Waals surface area (Å²) in [5.41, 5.74) is 5.86. The Kier molecular flexibility index (Phi) is 4.55. The average molecular weight is 321 g/mol. The number of nitrogen functional groups attached to an aromatic ring is 1. The molecule has 2 unspecified atom stereocenters. The van der Waals surface area contributed by atoms with Gasteiger partial charge in [-0.15, -0.1) is 0 Å². The first-order chi connectivity index (χ1) is 9.36. The fourth-order valence-corrected chi connectivity index (χ4v) is 4.05. The second-order valence-corrected chi connectivity index (χ2v) is 7.04. The summed E-state index contributed by atoms with van der Waals surface area (Å²) in [5.74, 6) is 0. The van der Waals surface area contributed by atoms with E-state index in [2.05, 4.69) is 0 Å². The van der Waals surface area contributed by atoms with Crippen LogP contribution in [-0.4, -0.2) is 49.7 Å². The first kappa shape index (κ1) is 15.5. The predicted molar refractivity (Wildman–Crippen MR) is 76.0 cm³/mol. The van der Waals surface area contributed by atoms with E-state index in [0.717, 1.165) is 0 Å². The zero-order chi connectivity index (χ0) is 14.9. The second-order valence-electron chi connectivity index (χ2n) is 4.74. The second kappa shape index (κ2) is 5.87. The van der Waals surface area contributed by atoms with Crippen molar-refractivity contribution in [1.29, 1.82) is 0 Å². The quantitative estimate of drug-likeness (QED) is 0.799. The molecule has 1 aromatic carbocycles. The molecular weight excluding hydrogens is 304 g/mol. The standard InChI is InChI=1S/C12H17ClN2O4S/c1-8-7-19-10(6-16)5-15(8)20(17,18)12-3-2-9(13)4-11(12)14/h2-4,8,10,16H,5-7,14H2,1H3. The molecule has 0 spiro atoms. The molecule has 6 nitrogen and oxygen atoms in total. The van der Waals surface area contributed by atoms with Gasteiger partial charge in [-0.2, -0.15) is 4.31 Å². The zero-order valence-electron chi connectivity index (χ0n) is 11.0. The number of benzene rings is 1. The maximum Gasteiger partial charge on any atom is 0.245 e. The summed E-state index contributed by atoms with van der Waals surface area (Å²) in [5, 5.41) is 9.51. The van der Waals surface area contributed by atoms with Gasteiger partial charge in [0, 0.05) is 17.6 Å². The van der Waals surface area contributed by atoms with E-state index in [1.165, 1.54) is 22.5 Å². The van der Waals surface area contributed by atoms with Gasteiger partial charge in [-0.25, -0.2) is 8.42 Å². The smallest absolute Gasteiger partial charge is 0.245 e. The maximum atomic E-state index is 12.7. The molecule has 1 aromatic rings. The number of sulfonamides is 1. The molecule has 0 amide bonds. The van der Waals surface area contributed by atoms with E-state index in [1.807, 2.05) is 0 Å². The number of aliphatic hydroxyl groups is 1. The summed E-state index contributed by atoms with van der Waals surface area (Å²) in [6, 6.07) is 3.96. The van der Waals surface area contributed by atoms with Gasteiger partial charge in [-0.1, -0.05) is 11.6 Å². The topological polar surface area (TPSA) is 92.9 Å². The number of ether oxygens (including phenoxy) is 1. The van der Waals surface area contributed by atoms with E-state index in [4.69, 9.17) is 27.2 Å². The third-order valence-electron chi connectivity index (χ3n) is 3.21. The number of rotatable bonds is 3. The van der Waals surface area contributed by atoms with Gasteiger partial charge in [0.1, 0.15) is 4.90 Å². The molecule has 1 aliphatic rings. The first-order valence-electron chi connectivity index (χ1n) is 6.15. The third-order valence-corrected chi connectivity index (χ3v) is 5.50. The molecule has 20 heavy (non-hydrogen) atoms. The molecule has 1 aliphatic heterocycles. The molecule has 0 radical (unpaired) electrons. The van der Waals surface area contributed by atoms with Crippen molar-refractivity contribution in [3.05, 3.63) is 23.2 Å². The number of aliphatic hydroxyl groups excluding tert-OH is 1. The number of morpholine rings is 1. The van der Waals surface area contributed by atoms with E-state index in [0.29, 0.717) is 5.02 Å². The number of hydrogen-bond acceptors (Lipinski definition) is 5. The highest BCUT2D eigenvalue weighted by Gasteiger charge is 2.36. The van der Waals surface area contributed by atoms with Crippen molar-refractivity contribution in [2.75, 3.05) is 25.5 Å². The lowest BCUT2D eigenvalue weighted by atomic mass is 10.2.